The van der Waals surface area contributed by atoms with Gasteiger partial charge in [-0.15, -0.1) is 12.4 Å². The molecular formula is C42H54ClNO15. The first-order chi connectivity index (χ1) is 27.5. The number of ether oxygens (including phenoxy) is 7. The third-order valence-corrected chi connectivity index (χ3v) is 12.4. The number of rotatable bonds is 9. The van der Waals surface area contributed by atoms with E-state index in [0.29, 0.717) is 12.8 Å². The summed E-state index contributed by atoms with van der Waals surface area (Å²) >= 11 is 0. The highest BCUT2D eigenvalue weighted by Gasteiger charge is 2.53. The topological polar surface area (TPSA) is 217 Å². The van der Waals surface area contributed by atoms with Gasteiger partial charge in [0.15, 0.2) is 30.4 Å². The average molecular weight is 848 g/mol. The number of phenolic OH excluding ortho intramolecular Hbond substituents is 2. The Morgan fingerprint density at radius 2 is 1.56 bits per heavy atom. The number of hydrogen-bond acceptors (Lipinski definition) is 16. The fourth-order valence-electron chi connectivity index (χ4n) is 9.27. The van der Waals surface area contributed by atoms with Crippen LogP contribution >= 0.6 is 12.4 Å². The van der Waals surface area contributed by atoms with Crippen LogP contribution in [0.2, 0.25) is 0 Å². The van der Waals surface area contributed by atoms with Gasteiger partial charge in [0.1, 0.15) is 35.7 Å². The number of fused-ring (bicyclic) bond motifs is 3. The molecule has 17 heteroatoms. The number of Topliss-reactive ketones (excluding diaryl/α,β-unsaturated/α-hetero) is 1. The number of likely N-dealkylation sites (N-methyl/N-ethyl adjacent to an activating group) is 1. The van der Waals surface area contributed by atoms with Crippen LogP contribution in [0.3, 0.4) is 0 Å². The normalized spacial score (nSPS) is 35.7. The van der Waals surface area contributed by atoms with Crippen molar-refractivity contribution in [2.75, 3.05) is 21.2 Å². The van der Waals surface area contributed by atoms with E-state index in [9.17, 15) is 39.6 Å². The zero-order chi connectivity index (χ0) is 42.0. The Bertz CT molecular complexity index is 1950. The van der Waals surface area contributed by atoms with E-state index in [1.165, 1.54) is 31.4 Å². The maximum atomic E-state index is 13.9. The molecule has 0 unspecified atom stereocenters. The molecule has 0 bridgehead atoms. The summed E-state index contributed by atoms with van der Waals surface area (Å²) in [4.78, 5) is 55.0. The Kier molecular flexibility index (Phi) is 13.3. The Morgan fingerprint density at radius 1 is 0.898 bits per heavy atom. The predicted molar refractivity (Wildman–Crippen MR) is 208 cm³/mol. The van der Waals surface area contributed by atoms with E-state index in [0.717, 1.165) is 0 Å². The van der Waals surface area contributed by atoms with Crippen molar-refractivity contribution in [3.63, 3.8) is 0 Å². The van der Waals surface area contributed by atoms with Gasteiger partial charge in [-0.1, -0.05) is 19.1 Å². The lowest BCUT2D eigenvalue weighted by molar-refractivity contribution is -0.324. The molecule has 3 aliphatic heterocycles. The second-order valence-electron chi connectivity index (χ2n) is 16.3. The monoisotopic (exact) mass is 847 g/mol. The highest BCUT2D eigenvalue weighted by atomic mass is 35.5. The summed E-state index contributed by atoms with van der Waals surface area (Å²) in [7, 11) is 4.91. The van der Waals surface area contributed by atoms with Gasteiger partial charge in [0.25, 0.3) is 0 Å². The molecule has 7 rings (SSSR count). The molecule has 5 aliphatic rings. The Hall–Kier alpha value is -3.55. The number of benzene rings is 2. The summed E-state index contributed by atoms with van der Waals surface area (Å²) in [5.74, 6) is -4.59. The van der Waals surface area contributed by atoms with Crippen molar-refractivity contribution in [3.8, 4) is 11.5 Å². The van der Waals surface area contributed by atoms with Gasteiger partial charge >= 0.3 is 5.97 Å². The zero-order valence-electron chi connectivity index (χ0n) is 34.1. The average Bonchev–Trinajstić information content (AvgIpc) is 3.17. The smallest absolute Gasteiger partial charge is 0.316 e. The number of hydrogen-bond donors (Lipinski definition) is 4. The van der Waals surface area contributed by atoms with Crippen LogP contribution in [0, 0.1) is 0 Å². The first kappa shape index (κ1) is 45.0. The van der Waals surface area contributed by atoms with Crippen LogP contribution in [-0.2, 0) is 42.7 Å². The molecule has 324 valence electrons. The zero-order valence-corrected chi connectivity index (χ0v) is 34.9. The quantitative estimate of drug-likeness (QED) is 0.226. The van der Waals surface area contributed by atoms with Crippen LogP contribution in [0.5, 0.6) is 11.5 Å². The summed E-state index contributed by atoms with van der Waals surface area (Å²) in [5.41, 5.74) is -2.49. The third kappa shape index (κ3) is 8.16. The van der Waals surface area contributed by atoms with E-state index in [2.05, 4.69) is 0 Å². The molecule has 3 fully saturated rings. The SMILES string of the molecule is CC[C@@]1(O)C[C@H](O[C@H]2C[C@@H](N(C)C)[C@@H](O[C@H]3C[C@@H](O)[C@@H](O[C@H]4CCC(=O)[C@@H](C)O4)[C@@H](C)O3)[C@@H](C)O2)c2c(cc3c(c2O)C(=O)c2c(O)cccc2C3=O)[C@H]1C(=O)OC.Cl. The third-order valence-electron chi connectivity index (χ3n) is 12.4. The van der Waals surface area contributed by atoms with Crippen LogP contribution in [0.25, 0.3) is 0 Å². The molecule has 2 aromatic carbocycles. The van der Waals surface area contributed by atoms with Gasteiger partial charge in [0.2, 0.25) is 5.78 Å². The summed E-state index contributed by atoms with van der Waals surface area (Å²) in [5, 5.41) is 45.9. The van der Waals surface area contributed by atoms with Crippen LogP contribution < -0.4 is 0 Å². The maximum Gasteiger partial charge on any atom is 0.316 e. The molecule has 0 saturated carbocycles. The minimum atomic E-state index is -1.76. The largest absolute Gasteiger partial charge is 0.507 e. The van der Waals surface area contributed by atoms with Crippen molar-refractivity contribution in [1.29, 1.82) is 0 Å². The lowest BCUT2D eigenvalue weighted by atomic mass is 9.67. The Balaban J connectivity index is 0.00000585. The van der Waals surface area contributed by atoms with Crippen molar-refractivity contribution in [3.05, 3.63) is 57.6 Å². The molecule has 0 radical (unpaired) electrons. The standard InChI is InChI=1S/C42H53NO15.ClH/c1-8-42(51)17-28(33-22(35(42)41(50)52-7)14-23-34(38(33)49)37(48)32-21(36(23)47)10-9-11-26(32)45)56-30-15-24(43(5)6)39(19(3)54-30)58-31-16-27(46)40(20(4)55-31)57-29-13-12-25(44)18(2)53-29;/h9-11,14,18-20,24,27-31,35,39-40,45-46,49,51H,8,12-13,15-17H2,1-7H3;1H/t18-,19-,20-,24-,27-,28+,29+,30+,31+,35+,39+,40+,42-;/m1./s1. The molecule has 0 aromatic heterocycles. The second kappa shape index (κ2) is 17.4. The van der Waals surface area contributed by atoms with Gasteiger partial charge in [-0.2, -0.15) is 0 Å². The summed E-state index contributed by atoms with van der Waals surface area (Å²) < 4.78 is 42.6. The molecule has 0 spiro atoms. The number of aliphatic hydroxyl groups is 2. The number of carbonyl (C=O) groups excluding carboxylic acids is 4. The van der Waals surface area contributed by atoms with Crippen molar-refractivity contribution < 1.29 is 72.8 Å². The number of phenols is 2. The van der Waals surface area contributed by atoms with Crippen LogP contribution in [0.15, 0.2) is 24.3 Å². The number of nitrogens with zero attached hydrogens (tertiary/aromatic N) is 1. The predicted octanol–water partition coefficient (Wildman–Crippen LogP) is 3.58. The van der Waals surface area contributed by atoms with Crippen molar-refractivity contribution >= 4 is 35.7 Å². The minimum absolute atomic E-state index is 0. The molecule has 59 heavy (non-hydrogen) atoms. The van der Waals surface area contributed by atoms with Gasteiger partial charge in [-0.25, -0.2) is 0 Å². The van der Waals surface area contributed by atoms with Crippen LogP contribution in [0.1, 0.15) is 121 Å². The van der Waals surface area contributed by atoms with E-state index in [1.807, 2.05) is 19.0 Å². The molecule has 2 aliphatic carbocycles. The van der Waals surface area contributed by atoms with Crippen molar-refractivity contribution in [2.45, 2.75) is 145 Å². The molecular weight excluding hydrogens is 794 g/mol. The van der Waals surface area contributed by atoms with E-state index in [4.69, 9.17) is 33.2 Å². The second-order valence-corrected chi connectivity index (χ2v) is 16.3. The summed E-state index contributed by atoms with van der Waals surface area (Å²) in [6.45, 7) is 6.95. The summed E-state index contributed by atoms with van der Waals surface area (Å²) in [6, 6.07) is 5.11. The first-order valence-electron chi connectivity index (χ1n) is 19.9. The number of carbonyl (C=O) groups is 4. The highest BCUT2D eigenvalue weighted by molar-refractivity contribution is 6.30. The molecule has 16 nitrogen and oxygen atoms in total. The van der Waals surface area contributed by atoms with E-state index < -0.39 is 102 Å². The Labute approximate surface area is 348 Å². The van der Waals surface area contributed by atoms with Crippen molar-refractivity contribution in [2.24, 2.45) is 0 Å². The molecule has 13 atom stereocenters. The molecule has 4 N–H and O–H groups in total. The number of aromatic hydroxyl groups is 2. The number of aliphatic hydroxyl groups excluding tert-OH is 1. The molecule has 2 aromatic rings. The van der Waals surface area contributed by atoms with Gasteiger partial charge in [-0.3, -0.25) is 19.2 Å². The van der Waals surface area contributed by atoms with Gasteiger partial charge in [-0.05, 0) is 59.0 Å². The van der Waals surface area contributed by atoms with E-state index >= 15 is 0 Å². The lowest BCUT2D eigenvalue weighted by Crippen LogP contribution is -2.58. The summed E-state index contributed by atoms with van der Waals surface area (Å²) in [6.07, 6.45) is -6.64. The van der Waals surface area contributed by atoms with Crippen LogP contribution in [0.4, 0.5) is 0 Å². The van der Waals surface area contributed by atoms with E-state index in [1.54, 1.807) is 27.7 Å². The molecule has 3 saturated heterocycles. The number of methoxy groups -OCH3 is 1. The number of halogens is 1. The van der Waals surface area contributed by atoms with E-state index in [-0.39, 0.29) is 83.3 Å². The maximum absolute atomic E-state index is 13.9. The number of esters is 1. The van der Waals surface area contributed by atoms with Crippen LogP contribution in [-0.4, -0.2) is 137 Å². The fourth-order valence-corrected chi connectivity index (χ4v) is 9.27. The first-order valence-corrected chi connectivity index (χ1v) is 19.9. The van der Waals surface area contributed by atoms with Crippen molar-refractivity contribution in [1.82, 2.24) is 4.90 Å². The fraction of sp³-hybridized carbons (Fsp3) is 0.619. The van der Waals surface area contributed by atoms with Gasteiger partial charge in [0.05, 0.1) is 48.3 Å². The van der Waals surface area contributed by atoms with Gasteiger partial charge < -0.3 is 58.5 Å². The molecule has 0 amide bonds. The molecule has 3 heterocycles. The Morgan fingerprint density at radius 3 is 2.19 bits per heavy atom. The number of ketones is 3. The van der Waals surface area contributed by atoms with Gasteiger partial charge in [0, 0.05) is 54.8 Å². The highest BCUT2D eigenvalue weighted by Crippen LogP contribution is 2.54. The minimum Gasteiger partial charge on any atom is -0.507 e. The lowest BCUT2D eigenvalue weighted by Gasteiger charge is -2.48.